The summed E-state index contributed by atoms with van der Waals surface area (Å²) in [5.74, 6) is 0. The summed E-state index contributed by atoms with van der Waals surface area (Å²) in [5.41, 5.74) is -0.342. The molecule has 4 nitrogen and oxygen atoms in total. The molecule has 18 heavy (non-hydrogen) atoms. The molecule has 0 aromatic carbocycles. The number of rotatable bonds is 2. The van der Waals surface area contributed by atoms with Gasteiger partial charge >= 0.3 is 6.09 Å². The number of piperidine rings is 1. The molecule has 0 bridgehead atoms. The zero-order chi connectivity index (χ0) is 14.0. The summed E-state index contributed by atoms with van der Waals surface area (Å²) in [7, 11) is 0. The fraction of sp³-hybridized carbons (Fsp3) is 0.929. The lowest BCUT2D eigenvalue weighted by Gasteiger charge is -2.43. The molecule has 4 heteroatoms. The summed E-state index contributed by atoms with van der Waals surface area (Å²) >= 11 is 0. The van der Waals surface area contributed by atoms with E-state index in [1.165, 1.54) is 0 Å². The molecule has 1 aliphatic heterocycles. The molecule has 1 N–H and O–H groups in total. The van der Waals surface area contributed by atoms with Gasteiger partial charge in [0.05, 0.1) is 0 Å². The second kappa shape index (κ2) is 5.47. The molecule has 1 fully saturated rings. The van der Waals surface area contributed by atoms with E-state index in [9.17, 15) is 4.79 Å². The van der Waals surface area contributed by atoms with E-state index in [4.69, 9.17) is 9.84 Å². The van der Waals surface area contributed by atoms with Crippen molar-refractivity contribution in [2.45, 2.75) is 65.5 Å². The summed E-state index contributed by atoms with van der Waals surface area (Å²) in [6.45, 7) is 10.8. The van der Waals surface area contributed by atoms with Gasteiger partial charge in [0.15, 0.2) is 0 Å². The average molecular weight is 257 g/mol. The number of aliphatic hydroxyl groups excluding tert-OH is 1. The van der Waals surface area contributed by atoms with Crippen LogP contribution in [-0.4, -0.2) is 40.9 Å². The van der Waals surface area contributed by atoms with Crippen LogP contribution in [0.4, 0.5) is 4.79 Å². The highest BCUT2D eigenvalue weighted by atomic mass is 16.6. The van der Waals surface area contributed by atoms with Crippen molar-refractivity contribution in [3.8, 4) is 0 Å². The monoisotopic (exact) mass is 257 g/mol. The van der Waals surface area contributed by atoms with Gasteiger partial charge in [-0.25, -0.2) is 4.79 Å². The molecule has 0 aromatic heterocycles. The Kier molecular flexibility index (Phi) is 4.65. The van der Waals surface area contributed by atoms with Gasteiger partial charge in [-0.15, -0.1) is 0 Å². The molecule has 1 atom stereocenters. The molecule has 0 radical (unpaired) electrons. The molecular formula is C14H27NO3. The first-order valence-electron chi connectivity index (χ1n) is 6.75. The molecule has 1 unspecified atom stereocenters. The van der Waals surface area contributed by atoms with Crippen LogP contribution in [0.5, 0.6) is 0 Å². The molecule has 1 saturated heterocycles. The summed E-state index contributed by atoms with van der Waals surface area (Å²) in [6, 6.07) is 0.109. The van der Waals surface area contributed by atoms with E-state index in [1.54, 1.807) is 4.90 Å². The number of likely N-dealkylation sites (tertiary alicyclic amines) is 1. The maximum atomic E-state index is 12.2. The van der Waals surface area contributed by atoms with Gasteiger partial charge in [-0.2, -0.15) is 0 Å². The summed E-state index contributed by atoms with van der Waals surface area (Å²) < 4.78 is 5.45. The van der Waals surface area contributed by atoms with Gasteiger partial charge in [-0.3, -0.25) is 0 Å². The Morgan fingerprint density at radius 1 is 1.44 bits per heavy atom. The number of aliphatic hydroxyl groups is 1. The van der Waals surface area contributed by atoms with Gasteiger partial charge in [0.1, 0.15) is 5.60 Å². The van der Waals surface area contributed by atoms with Crippen LogP contribution in [0.2, 0.25) is 0 Å². The lowest BCUT2D eigenvalue weighted by molar-refractivity contribution is -0.0109. The third-order valence-corrected chi connectivity index (χ3v) is 3.28. The predicted octanol–water partition coefficient (Wildman–Crippen LogP) is 2.79. The third-order valence-electron chi connectivity index (χ3n) is 3.28. The van der Waals surface area contributed by atoms with Crippen LogP contribution in [0.3, 0.4) is 0 Å². The number of carbonyl (C=O) groups excluding carboxylic acids is 1. The molecule has 0 saturated carbocycles. The van der Waals surface area contributed by atoms with Crippen molar-refractivity contribution in [1.82, 2.24) is 4.90 Å². The van der Waals surface area contributed by atoms with Gasteiger partial charge in [0.2, 0.25) is 0 Å². The highest BCUT2D eigenvalue weighted by Gasteiger charge is 2.37. The van der Waals surface area contributed by atoms with Crippen molar-refractivity contribution in [3.05, 3.63) is 0 Å². The molecule has 106 valence electrons. The first-order chi connectivity index (χ1) is 8.14. The van der Waals surface area contributed by atoms with Crippen LogP contribution in [0, 0.1) is 5.41 Å². The normalized spacial score (nSPS) is 23.9. The smallest absolute Gasteiger partial charge is 0.410 e. The van der Waals surface area contributed by atoms with E-state index in [2.05, 4.69) is 13.8 Å². The Labute approximate surface area is 110 Å². The standard InChI is InChI=1S/C14H27NO3/c1-13(2,3)18-12(17)15-10-14(4,5)8-6-11(15)7-9-16/h11,16H,6-10H2,1-5H3. The summed E-state index contributed by atoms with van der Waals surface area (Å²) in [4.78, 5) is 14.0. The zero-order valence-electron chi connectivity index (χ0n) is 12.3. The van der Waals surface area contributed by atoms with E-state index in [0.717, 1.165) is 12.8 Å². The molecule has 0 aromatic rings. The van der Waals surface area contributed by atoms with Crippen LogP contribution in [0.25, 0.3) is 0 Å². The van der Waals surface area contributed by atoms with Crippen molar-refractivity contribution in [2.24, 2.45) is 5.41 Å². The van der Waals surface area contributed by atoms with E-state index in [1.807, 2.05) is 20.8 Å². The van der Waals surface area contributed by atoms with Crippen molar-refractivity contribution < 1.29 is 14.6 Å². The minimum absolute atomic E-state index is 0.109. The fourth-order valence-electron chi connectivity index (χ4n) is 2.37. The Bertz CT molecular complexity index is 294. The first-order valence-corrected chi connectivity index (χ1v) is 6.75. The maximum absolute atomic E-state index is 12.2. The van der Waals surface area contributed by atoms with Crippen molar-refractivity contribution in [3.63, 3.8) is 0 Å². The van der Waals surface area contributed by atoms with Crippen molar-refractivity contribution >= 4 is 6.09 Å². The third kappa shape index (κ3) is 4.48. The highest BCUT2D eigenvalue weighted by molar-refractivity contribution is 5.68. The topological polar surface area (TPSA) is 49.8 Å². The highest BCUT2D eigenvalue weighted by Crippen LogP contribution is 2.33. The number of hydrogen-bond acceptors (Lipinski definition) is 3. The molecule has 1 heterocycles. The first kappa shape index (κ1) is 15.3. The Balaban J connectivity index is 2.75. The summed E-state index contributed by atoms with van der Waals surface area (Å²) in [6.07, 6.45) is 2.40. The quantitative estimate of drug-likeness (QED) is 0.827. The minimum Gasteiger partial charge on any atom is -0.444 e. The van der Waals surface area contributed by atoms with Crippen LogP contribution in [0.1, 0.15) is 53.9 Å². The number of carbonyl (C=O) groups is 1. The van der Waals surface area contributed by atoms with Crippen LogP contribution in [0.15, 0.2) is 0 Å². The number of nitrogens with zero attached hydrogens (tertiary/aromatic N) is 1. The summed E-state index contributed by atoms with van der Waals surface area (Å²) in [5, 5.41) is 9.10. The van der Waals surface area contributed by atoms with E-state index in [-0.39, 0.29) is 24.2 Å². The van der Waals surface area contributed by atoms with E-state index in [0.29, 0.717) is 13.0 Å². The zero-order valence-corrected chi connectivity index (χ0v) is 12.3. The van der Waals surface area contributed by atoms with Gasteiger partial charge in [-0.1, -0.05) is 13.8 Å². The van der Waals surface area contributed by atoms with Crippen molar-refractivity contribution in [1.29, 1.82) is 0 Å². The lowest BCUT2D eigenvalue weighted by atomic mass is 9.81. The Morgan fingerprint density at radius 3 is 2.56 bits per heavy atom. The van der Waals surface area contributed by atoms with Crippen molar-refractivity contribution in [2.75, 3.05) is 13.2 Å². The van der Waals surface area contributed by atoms with Gasteiger partial charge in [0.25, 0.3) is 0 Å². The number of ether oxygens (including phenoxy) is 1. The minimum atomic E-state index is -0.470. The second-order valence-electron chi connectivity index (χ2n) is 6.98. The van der Waals surface area contributed by atoms with Crippen LogP contribution in [-0.2, 0) is 4.74 Å². The predicted molar refractivity (Wildman–Crippen MR) is 71.4 cm³/mol. The number of hydrogen-bond donors (Lipinski definition) is 1. The molecule has 0 spiro atoms. The fourth-order valence-corrected chi connectivity index (χ4v) is 2.37. The van der Waals surface area contributed by atoms with Gasteiger partial charge in [0, 0.05) is 19.2 Å². The molecule has 0 aliphatic carbocycles. The van der Waals surface area contributed by atoms with E-state index >= 15 is 0 Å². The molecule has 1 aliphatic rings. The van der Waals surface area contributed by atoms with Gasteiger partial charge < -0.3 is 14.7 Å². The molecule has 1 rings (SSSR count). The Morgan fingerprint density at radius 2 is 2.06 bits per heavy atom. The lowest BCUT2D eigenvalue weighted by Crippen LogP contribution is -2.51. The SMILES string of the molecule is CC1(C)CCC(CCO)N(C(=O)OC(C)(C)C)C1. The van der Waals surface area contributed by atoms with E-state index < -0.39 is 5.60 Å². The number of amides is 1. The van der Waals surface area contributed by atoms with Gasteiger partial charge in [-0.05, 0) is 45.4 Å². The Hall–Kier alpha value is -0.770. The largest absolute Gasteiger partial charge is 0.444 e. The van der Waals surface area contributed by atoms with Crippen LogP contribution >= 0.6 is 0 Å². The maximum Gasteiger partial charge on any atom is 0.410 e. The average Bonchev–Trinajstić information content (AvgIpc) is 2.18. The molecule has 1 amide bonds. The second-order valence-corrected chi connectivity index (χ2v) is 6.98. The van der Waals surface area contributed by atoms with Crippen LogP contribution < -0.4 is 0 Å². The molecular weight excluding hydrogens is 230 g/mol.